The van der Waals surface area contributed by atoms with Crippen LogP contribution in [0, 0.1) is 5.92 Å². The van der Waals surface area contributed by atoms with Crippen molar-refractivity contribution in [2.24, 2.45) is 10.9 Å². The van der Waals surface area contributed by atoms with Gasteiger partial charge in [0.15, 0.2) is 5.96 Å². The van der Waals surface area contributed by atoms with Crippen molar-refractivity contribution in [3.8, 4) is 0 Å². The van der Waals surface area contributed by atoms with Crippen molar-refractivity contribution in [1.29, 1.82) is 0 Å². The molecule has 0 radical (unpaired) electrons. The molecule has 0 aromatic carbocycles. The summed E-state index contributed by atoms with van der Waals surface area (Å²) in [5.74, 6) is 1.11. The average Bonchev–Trinajstić information content (AvgIpc) is 2.98. The predicted octanol–water partition coefficient (Wildman–Crippen LogP) is 2.35. The summed E-state index contributed by atoms with van der Waals surface area (Å²) in [5.41, 5.74) is 0. The minimum Gasteiger partial charge on any atom is -0.356 e. The first kappa shape index (κ1) is 21.9. The fourth-order valence-electron chi connectivity index (χ4n) is 1.75. The molecular formula is C16H27IN4OS. The second-order valence-electron chi connectivity index (χ2n) is 5.39. The van der Waals surface area contributed by atoms with Crippen LogP contribution in [0.3, 0.4) is 0 Å². The van der Waals surface area contributed by atoms with Crippen LogP contribution in [-0.4, -0.2) is 50.5 Å². The summed E-state index contributed by atoms with van der Waals surface area (Å²) in [7, 11) is 3.45. The largest absolute Gasteiger partial charge is 0.356 e. The molecule has 1 rings (SSSR count). The van der Waals surface area contributed by atoms with Gasteiger partial charge in [-0.15, -0.1) is 41.9 Å². The van der Waals surface area contributed by atoms with Crippen LogP contribution >= 0.6 is 35.3 Å². The molecule has 7 heteroatoms. The maximum Gasteiger partial charge on any atom is 0.243 e. The van der Waals surface area contributed by atoms with Gasteiger partial charge in [-0.3, -0.25) is 4.79 Å². The molecule has 2 N–H and O–H groups in total. The number of amides is 1. The molecule has 1 aromatic heterocycles. The highest BCUT2D eigenvalue weighted by molar-refractivity contribution is 14.0. The van der Waals surface area contributed by atoms with E-state index in [0.29, 0.717) is 18.4 Å². The third-order valence-corrected chi connectivity index (χ3v) is 3.93. The Labute approximate surface area is 160 Å². The standard InChI is InChI=1S/C16H26N4OS.HI/c1-5-8-17-16(19-12-15(21)20(3)4)18-11-13(2)10-14-7-6-9-22-14;/h5-7,9,13H,1,8,10-12H2,2-4H3,(H2,17,18,19);1H. The highest BCUT2D eigenvalue weighted by Gasteiger charge is 2.07. The zero-order valence-corrected chi connectivity index (χ0v) is 17.2. The molecule has 0 fully saturated rings. The maximum atomic E-state index is 11.6. The Bertz CT molecular complexity index is 488. The summed E-state index contributed by atoms with van der Waals surface area (Å²) in [6.07, 6.45) is 2.80. The fourth-order valence-corrected chi connectivity index (χ4v) is 2.62. The van der Waals surface area contributed by atoms with Crippen LogP contribution in [0.5, 0.6) is 0 Å². The molecule has 1 atom stereocenters. The van der Waals surface area contributed by atoms with E-state index in [0.717, 1.165) is 13.0 Å². The molecule has 1 heterocycles. The topological polar surface area (TPSA) is 56.7 Å². The lowest BCUT2D eigenvalue weighted by Crippen LogP contribution is -2.40. The van der Waals surface area contributed by atoms with E-state index in [9.17, 15) is 4.79 Å². The summed E-state index contributed by atoms with van der Waals surface area (Å²) in [4.78, 5) is 18.8. The third kappa shape index (κ3) is 9.60. The van der Waals surface area contributed by atoms with Gasteiger partial charge < -0.3 is 15.5 Å². The van der Waals surface area contributed by atoms with E-state index in [4.69, 9.17) is 0 Å². The first-order valence-corrected chi connectivity index (χ1v) is 8.26. The minimum absolute atomic E-state index is 0. The van der Waals surface area contributed by atoms with Crippen molar-refractivity contribution in [2.45, 2.75) is 13.3 Å². The van der Waals surface area contributed by atoms with Gasteiger partial charge in [0.05, 0.1) is 0 Å². The van der Waals surface area contributed by atoms with Crippen LogP contribution in [-0.2, 0) is 11.2 Å². The van der Waals surface area contributed by atoms with E-state index < -0.39 is 0 Å². The van der Waals surface area contributed by atoms with Crippen LogP contribution in [0.2, 0.25) is 0 Å². The first-order valence-electron chi connectivity index (χ1n) is 7.38. The van der Waals surface area contributed by atoms with Gasteiger partial charge in [0, 0.05) is 32.1 Å². The van der Waals surface area contributed by atoms with Crippen molar-refractivity contribution >= 4 is 47.2 Å². The zero-order chi connectivity index (χ0) is 16.4. The molecule has 0 bridgehead atoms. The highest BCUT2D eigenvalue weighted by Crippen LogP contribution is 2.13. The summed E-state index contributed by atoms with van der Waals surface area (Å²) < 4.78 is 0. The Morgan fingerprint density at radius 3 is 2.78 bits per heavy atom. The van der Waals surface area contributed by atoms with Crippen molar-refractivity contribution < 1.29 is 4.79 Å². The van der Waals surface area contributed by atoms with Gasteiger partial charge in [0.2, 0.25) is 5.91 Å². The number of likely N-dealkylation sites (N-methyl/N-ethyl adjacent to an activating group) is 1. The lowest BCUT2D eigenvalue weighted by Gasteiger charge is -2.16. The molecule has 1 unspecified atom stereocenters. The molecule has 130 valence electrons. The second-order valence-corrected chi connectivity index (χ2v) is 6.42. The first-order chi connectivity index (χ1) is 10.5. The van der Waals surface area contributed by atoms with E-state index in [-0.39, 0.29) is 36.4 Å². The van der Waals surface area contributed by atoms with Gasteiger partial charge in [0.1, 0.15) is 6.54 Å². The molecule has 23 heavy (non-hydrogen) atoms. The SMILES string of the molecule is C=CCNC(=NCC(=O)N(C)C)NCC(C)Cc1cccs1.I. The maximum absolute atomic E-state index is 11.6. The number of aliphatic imine (C=N–C) groups is 1. The Balaban J connectivity index is 0.00000484. The number of rotatable bonds is 8. The smallest absolute Gasteiger partial charge is 0.243 e. The van der Waals surface area contributed by atoms with E-state index in [1.807, 2.05) is 0 Å². The number of carbonyl (C=O) groups is 1. The normalized spacial score (nSPS) is 12.0. The number of nitrogens with one attached hydrogen (secondary N) is 2. The van der Waals surface area contributed by atoms with E-state index in [1.165, 1.54) is 9.78 Å². The minimum atomic E-state index is -0.0219. The van der Waals surface area contributed by atoms with Crippen LogP contribution in [0.1, 0.15) is 11.8 Å². The fraction of sp³-hybridized carbons (Fsp3) is 0.500. The molecule has 1 amide bonds. The van der Waals surface area contributed by atoms with Gasteiger partial charge in [0.25, 0.3) is 0 Å². The van der Waals surface area contributed by atoms with E-state index in [2.05, 4.69) is 46.6 Å². The molecule has 0 aliphatic heterocycles. The predicted molar refractivity (Wildman–Crippen MR) is 110 cm³/mol. The van der Waals surface area contributed by atoms with E-state index >= 15 is 0 Å². The number of guanidine groups is 1. The lowest BCUT2D eigenvalue weighted by atomic mass is 10.1. The number of thiophene rings is 1. The summed E-state index contributed by atoms with van der Waals surface area (Å²) in [6.45, 7) is 7.43. The van der Waals surface area contributed by atoms with Gasteiger partial charge in [-0.25, -0.2) is 4.99 Å². The zero-order valence-electron chi connectivity index (χ0n) is 14.0. The van der Waals surface area contributed by atoms with Crippen LogP contribution < -0.4 is 10.6 Å². The van der Waals surface area contributed by atoms with Crippen LogP contribution in [0.4, 0.5) is 0 Å². The highest BCUT2D eigenvalue weighted by atomic mass is 127. The lowest BCUT2D eigenvalue weighted by molar-refractivity contribution is -0.127. The molecule has 0 spiro atoms. The number of nitrogens with zero attached hydrogens (tertiary/aromatic N) is 2. The Morgan fingerprint density at radius 2 is 2.22 bits per heavy atom. The van der Waals surface area contributed by atoms with Crippen LogP contribution in [0.15, 0.2) is 35.2 Å². The summed E-state index contributed by atoms with van der Waals surface area (Å²) in [5, 5.41) is 8.51. The molecule has 1 aromatic rings. The van der Waals surface area contributed by atoms with Crippen molar-refractivity contribution in [3.05, 3.63) is 35.0 Å². The van der Waals surface area contributed by atoms with Crippen molar-refractivity contribution in [2.75, 3.05) is 33.7 Å². The molecular weight excluding hydrogens is 423 g/mol. The third-order valence-electron chi connectivity index (χ3n) is 3.03. The van der Waals surface area contributed by atoms with Crippen molar-refractivity contribution in [1.82, 2.24) is 15.5 Å². The van der Waals surface area contributed by atoms with Crippen molar-refractivity contribution in [3.63, 3.8) is 0 Å². The quantitative estimate of drug-likeness (QED) is 0.277. The Morgan fingerprint density at radius 1 is 1.48 bits per heavy atom. The molecule has 0 aliphatic carbocycles. The number of carbonyl (C=O) groups excluding carboxylic acids is 1. The Kier molecular flexibility index (Phi) is 11.8. The van der Waals surface area contributed by atoms with Gasteiger partial charge >= 0.3 is 0 Å². The van der Waals surface area contributed by atoms with Gasteiger partial charge in [-0.1, -0.05) is 19.1 Å². The second kappa shape index (κ2) is 12.3. The summed E-state index contributed by atoms with van der Waals surface area (Å²) >= 11 is 1.78. The molecule has 0 saturated carbocycles. The van der Waals surface area contributed by atoms with E-state index in [1.54, 1.807) is 31.5 Å². The molecule has 0 aliphatic rings. The van der Waals surface area contributed by atoms with Gasteiger partial charge in [-0.05, 0) is 23.8 Å². The number of hydrogen-bond acceptors (Lipinski definition) is 3. The number of halogens is 1. The summed E-state index contributed by atoms with van der Waals surface area (Å²) in [6, 6.07) is 4.23. The molecule has 0 saturated heterocycles. The average molecular weight is 450 g/mol. The monoisotopic (exact) mass is 450 g/mol. The Hall–Kier alpha value is -1.09. The molecule has 5 nitrogen and oxygen atoms in total. The number of hydrogen-bond donors (Lipinski definition) is 2. The van der Waals surface area contributed by atoms with Crippen LogP contribution in [0.25, 0.3) is 0 Å². The van der Waals surface area contributed by atoms with Gasteiger partial charge in [-0.2, -0.15) is 0 Å².